The normalized spacial score (nSPS) is 33.5. The van der Waals surface area contributed by atoms with Crippen LogP contribution in [-0.2, 0) is 4.79 Å². The van der Waals surface area contributed by atoms with Gasteiger partial charge in [-0.2, -0.15) is 0 Å². The van der Waals surface area contributed by atoms with Crippen LogP contribution in [-0.4, -0.2) is 42.0 Å². The number of nitrogens with zero attached hydrogens (tertiary/aromatic N) is 1. The Morgan fingerprint density at radius 2 is 1.62 bits per heavy atom. The highest BCUT2D eigenvalue weighted by molar-refractivity contribution is 5.81. The van der Waals surface area contributed by atoms with Gasteiger partial charge < -0.3 is 15.5 Å². The van der Waals surface area contributed by atoms with E-state index in [1.165, 1.54) is 32.1 Å². The number of piperidine rings is 1. The molecule has 26 heavy (non-hydrogen) atoms. The number of likely N-dealkylation sites (tertiary alicyclic amines) is 1. The summed E-state index contributed by atoms with van der Waals surface area (Å²) in [5.41, 5.74) is 0. The van der Waals surface area contributed by atoms with Crippen molar-refractivity contribution in [1.82, 2.24) is 15.5 Å². The van der Waals surface area contributed by atoms with Crippen molar-refractivity contribution in [3.63, 3.8) is 0 Å². The van der Waals surface area contributed by atoms with Crippen LogP contribution in [0.2, 0.25) is 0 Å². The van der Waals surface area contributed by atoms with Crippen LogP contribution in [0.5, 0.6) is 0 Å². The average Bonchev–Trinajstić information content (AvgIpc) is 2.66. The van der Waals surface area contributed by atoms with Gasteiger partial charge in [0.05, 0.1) is 5.92 Å². The van der Waals surface area contributed by atoms with Gasteiger partial charge in [-0.15, -0.1) is 0 Å². The third-order valence-corrected chi connectivity index (χ3v) is 7.05. The first-order chi connectivity index (χ1) is 12.5. The van der Waals surface area contributed by atoms with Gasteiger partial charge >= 0.3 is 6.03 Å². The van der Waals surface area contributed by atoms with Gasteiger partial charge in [-0.05, 0) is 43.9 Å². The minimum atomic E-state index is -0.0425. The molecule has 0 bridgehead atoms. The monoisotopic (exact) mass is 363 g/mol. The molecule has 3 aliphatic rings. The van der Waals surface area contributed by atoms with Crippen LogP contribution in [0.25, 0.3) is 0 Å². The van der Waals surface area contributed by atoms with Crippen molar-refractivity contribution in [1.29, 1.82) is 0 Å². The van der Waals surface area contributed by atoms with Crippen molar-refractivity contribution < 1.29 is 9.59 Å². The molecule has 1 saturated heterocycles. The summed E-state index contributed by atoms with van der Waals surface area (Å²) in [4.78, 5) is 27.3. The topological polar surface area (TPSA) is 61.4 Å². The fourth-order valence-corrected chi connectivity index (χ4v) is 4.98. The molecule has 3 fully saturated rings. The Kier molecular flexibility index (Phi) is 6.82. The Morgan fingerprint density at radius 1 is 0.846 bits per heavy atom. The zero-order valence-corrected chi connectivity index (χ0v) is 16.6. The van der Waals surface area contributed by atoms with Crippen molar-refractivity contribution in [2.75, 3.05) is 13.1 Å². The van der Waals surface area contributed by atoms with Crippen LogP contribution < -0.4 is 10.6 Å². The summed E-state index contributed by atoms with van der Waals surface area (Å²) in [6, 6.07) is 0.666. The van der Waals surface area contributed by atoms with E-state index in [-0.39, 0.29) is 23.9 Å². The fourth-order valence-electron chi connectivity index (χ4n) is 4.98. The number of carbonyl (C=O) groups excluding carboxylic acids is 2. The number of urea groups is 1. The molecule has 3 amide bonds. The maximum absolute atomic E-state index is 12.8. The predicted molar refractivity (Wildman–Crippen MR) is 104 cm³/mol. The molecule has 3 rings (SSSR count). The maximum atomic E-state index is 12.8. The molecule has 0 aromatic carbocycles. The zero-order chi connectivity index (χ0) is 18.5. The SMILES string of the molecule is C[C@@H]1[C@H](C)CCC[C@@H]1NC(=O)N1CCC[C@@H](C(=O)NC2CCCCC2)C1. The largest absolute Gasteiger partial charge is 0.353 e. The Morgan fingerprint density at radius 3 is 2.38 bits per heavy atom. The minimum Gasteiger partial charge on any atom is -0.353 e. The second-order valence-corrected chi connectivity index (χ2v) is 8.95. The lowest BCUT2D eigenvalue weighted by Crippen LogP contribution is -2.53. The lowest BCUT2D eigenvalue weighted by Gasteiger charge is -2.38. The fraction of sp³-hybridized carbons (Fsp3) is 0.905. The lowest BCUT2D eigenvalue weighted by molar-refractivity contribution is -0.127. The van der Waals surface area contributed by atoms with Crippen LogP contribution in [0.15, 0.2) is 0 Å². The van der Waals surface area contributed by atoms with E-state index in [1.807, 2.05) is 4.90 Å². The Labute approximate surface area is 158 Å². The van der Waals surface area contributed by atoms with Crippen molar-refractivity contribution in [3.05, 3.63) is 0 Å². The molecule has 0 aromatic rings. The number of hydrogen-bond acceptors (Lipinski definition) is 2. The Hall–Kier alpha value is -1.26. The molecule has 0 unspecified atom stereocenters. The van der Waals surface area contributed by atoms with Crippen LogP contribution in [0.3, 0.4) is 0 Å². The van der Waals surface area contributed by atoms with Crippen molar-refractivity contribution in [2.24, 2.45) is 17.8 Å². The standard InChI is InChI=1S/C21H37N3O2/c1-15-8-6-12-19(16(15)2)23-21(26)24-13-7-9-17(14-24)20(25)22-18-10-4-3-5-11-18/h15-19H,3-14H2,1-2H3,(H,22,25)(H,23,26)/t15-,16-,17-,19+/m1/s1. The first-order valence-corrected chi connectivity index (χ1v) is 10.9. The average molecular weight is 364 g/mol. The summed E-state index contributed by atoms with van der Waals surface area (Å²) in [6.07, 6.45) is 11.3. The molecule has 0 spiro atoms. The number of amides is 3. The molecule has 1 heterocycles. The molecule has 148 valence electrons. The van der Waals surface area contributed by atoms with E-state index in [1.54, 1.807) is 0 Å². The molecular formula is C21H37N3O2. The summed E-state index contributed by atoms with van der Waals surface area (Å²) in [5.74, 6) is 1.32. The molecule has 2 aliphatic carbocycles. The van der Waals surface area contributed by atoms with E-state index >= 15 is 0 Å². The van der Waals surface area contributed by atoms with E-state index in [2.05, 4.69) is 24.5 Å². The number of hydrogen-bond donors (Lipinski definition) is 2. The number of nitrogens with one attached hydrogen (secondary N) is 2. The quantitative estimate of drug-likeness (QED) is 0.803. The molecule has 0 radical (unpaired) electrons. The van der Waals surface area contributed by atoms with Gasteiger partial charge in [-0.25, -0.2) is 4.79 Å². The minimum absolute atomic E-state index is 0.0334. The van der Waals surface area contributed by atoms with Gasteiger partial charge in [0.1, 0.15) is 0 Å². The molecule has 5 nitrogen and oxygen atoms in total. The third-order valence-electron chi connectivity index (χ3n) is 7.05. The summed E-state index contributed by atoms with van der Waals surface area (Å²) in [5, 5.41) is 6.51. The molecular weight excluding hydrogens is 326 g/mol. The van der Waals surface area contributed by atoms with Gasteiger partial charge in [0.2, 0.25) is 5.91 Å². The van der Waals surface area contributed by atoms with E-state index in [0.717, 1.165) is 38.6 Å². The van der Waals surface area contributed by atoms with E-state index in [9.17, 15) is 9.59 Å². The highest BCUT2D eigenvalue weighted by atomic mass is 16.2. The van der Waals surface area contributed by atoms with Crippen molar-refractivity contribution in [3.8, 4) is 0 Å². The van der Waals surface area contributed by atoms with Crippen LogP contribution in [0.4, 0.5) is 4.79 Å². The number of rotatable bonds is 3. The highest BCUT2D eigenvalue weighted by Crippen LogP contribution is 2.30. The molecule has 2 N–H and O–H groups in total. The number of carbonyl (C=O) groups is 2. The second kappa shape index (κ2) is 9.09. The van der Waals surface area contributed by atoms with E-state index in [0.29, 0.717) is 24.4 Å². The Bertz CT molecular complexity index is 490. The van der Waals surface area contributed by atoms with Gasteiger partial charge in [-0.3, -0.25) is 4.79 Å². The molecule has 0 aromatic heterocycles. The summed E-state index contributed by atoms with van der Waals surface area (Å²) in [6.45, 7) is 5.89. The third kappa shape index (κ3) is 4.92. The van der Waals surface area contributed by atoms with Crippen molar-refractivity contribution >= 4 is 11.9 Å². The molecule has 2 saturated carbocycles. The summed E-state index contributed by atoms with van der Waals surface area (Å²) < 4.78 is 0. The summed E-state index contributed by atoms with van der Waals surface area (Å²) >= 11 is 0. The first-order valence-electron chi connectivity index (χ1n) is 10.9. The maximum Gasteiger partial charge on any atom is 0.317 e. The zero-order valence-electron chi connectivity index (χ0n) is 16.6. The first kappa shape index (κ1) is 19.5. The van der Waals surface area contributed by atoms with Crippen LogP contribution in [0.1, 0.15) is 78.1 Å². The second-order valence-electron chi connectivity index (χ2n) is 8.95. The highest BCUT2D eigenvalue weighted by Gasteiger charge is 2.33. The molecule has 1 aliphatic heterocycles. The van der Waals surface area contributed by atoms with Gasteiger partial charge in [0.15, 0.2) is 0 Å². The van der Waals surface area contributed by atoms with Crippen LogP contribution >= 0.6 is 0 Å². The van der Waals surface area contributed by atoms with Crippen molar-refractivity contribution in [2.45, 2.75) is 90.1 Å². The van der Waals surface area contributed by atoms with Gasteiger partial charge in [0, 0.05) is 25.2 Å². The molecule has 4 atom stereocenters. The van der Waals surface area contributed by atoms with E-state index in [4.69, 9.17) is 0 Å². The van der Waals surface area contributed by atoms with Gasteiger partial charge in [0.25, 0.3) is 0 Å². The van der Waals surface area contributed by atoms with Gasteiger partial charge in [-0.1, -0.05) is 46.0 Å². The van der Waals surface area contributed by atoms with E-state index < -0.39 is 0 Å². The smallest absolute Gasteiger partial charge is 0.317 e. The molecule has 5 heteroatoms. The predicted octanol–water partition coefficient (Wildman–Crippen LogP) is 3.68. The van der Waals surface area contributed by atoms with Crippen LogP contribution in [0, 0.1) is 17.8 Å². The lowest BCUT2D eigenvalue weighted by atomic mass is 9.78. The Balaban J connectivity index is 1.49. The summed E-state index contributed by atoms with van der Waals surface area (Å²) in [7, 11) is 0.